The second-order valence-corrected chi connectivity index (χ2v) is 20.6. The number of benzene rings is 4. The van der Waals surface area contributed by atoms with Crippen LogP contribution in [0.3, 0.4) is 0 Å². The van der Waals surface area contributed by atoms with Gasteiger partial charge in [0.1, 0.15) is 29.3 Å². The fraction of sp³-hybridized carbons (Fsp3) is 0.400. The molecule has 8 rings (SSSR count). The highest BCUT2D eigenvalue weighted by Gasteiger charge is 2.41. The van der Waals surface area contributed by atoms with Gasteiger partial charge in [0.2, 0.25) is 5.91 Å². The molecule has 4 aromatic carbocycles. The number of rotatable bonds is 14. The Bertz CT molecular complexity index is 2790. The number of H-pyrrole nitrogens is 1. The molecule has 5 N–H and O–H groups in total. The van der Waals surface area contributed by atoms with Crippen molar-refractivity contribution in [3.05, 3.63) is 125 Å². The van der Waals surface area contributed by atoms with Gasteiger partial charge < -0.3 is 45.5 Å². The van der Waals surface area contributed by atoms with Crippen LogP contribution in [-0.4, -0.2) is 98.8 Å². The van der Waals surface area contributed by atoms with E-state index in [1.165, 1.54) is 4.90 Å². The molecule has 1 aromatic heterocycles. The molecule has 5 aromatic rings. The van der Waals surface area contributed by atoms with Crippen molar-refractivity contribution in [1.29, 1.82) is 0 Å². The van der Waals surface area contributed by atoms with Crippen LogP contribution in [0.25, 0.3) is 22.2 Å². The first-order valence-corrected chi connectivity index (χ1v) is 24.4. The summed E-state index contributed by atoms with van der Waals surface area (Å²) in [6, 6.07) is 26.8. The standard InChI is InChI=1S/C55H63N7O9/c1-54(2,3)70-52(68)59-46(34-15-9-7-10-16-34)50(66)61-29-13-19-41(61)43(63)31-33-21-23-36(24-22-33)45-44(49(65)56-37-25-26-37)39-32-38(27-28-40(39)58-45)57-48(64)42-20-14-30-62(42)51(67)47(35-17-11-8-12-18-35)60-53(69)71-55(4,5)6/h7-12,15-18,21-24,27-28,32,37,41-42,46-47,58H,13-14,19-20,25-26,29-31H2,1-6H3,(H,56,65)(H,57,64)(H,59,68)(H,60,69)/t41?,42-,46+,47+/m0/s1. The first-order chi connectivity index (χ1) is 33.8. The van der Waals surface area contributed by atoms with Crippen molar-refractivity contribution < 1.29 is 43.0 Å². The topological polar surface area (TPSA) is 208 Å². The van der Waals surface area contributed by atoms with E-state index in [-0.39, 0.29) is 30.1 Å². The van der Waals surface area contributed by atoms with E-state index in [4.69, 9.17) is 9.47 Å². The van der Waals surface area contributed by atoms with Crippen LogP contribution >= 0.6 is 0 Å². The van der Waals surface area contributed by atoms with Crippen LogP contribution in [-0.2, 0) is 35.1 Å². The molecule has 16 heteroatoms. The highest BCUT2D eigenvalue weighted by molar-refractivity contribution is 6.13. The smallest absolute Gasteiger partial charge is 0.408 e. The van der Waals surface area contributed by atoms with Crippen LogP contribution in [0.2, 0.25) is 0 Å². The Hall–Kier alpha value is -7.49. The van der Waals surface area contributed by atoms with Gasteiger partial charge in [0.05, 0.1) is 17.3 Å². The average Bonchev–Trinajstić information content (AvgIpc) is 3.65. The van der Waals surface area contributed by atoms with Crippen LogP contribution < -0.4 is 21.3 Å². The number of amides is 6. The van der Waals surface area contributed by atoms with E-state index in [0.717, 1.165) is 18.4 Å². The number of carbonyl (C=O) groups is 7. The average molecular weight is 966 g/mol. The lowest BCUT2D eigenvalue weighted by atomic mass is 9.98. The Morgan fingerprint density at radius 3 is 1.69 bits per heavy atom. The second-order valence-electron chi connectivity index (χ2n) is 20.6. The fourth-order valence-electron chi connectivity index (χ4n) is 9.26. The number of hydrogen-bond donors (Lipinski definition) is 5. The molecule has 16 nitrogen and oxygen atoms in total. The number of likely N-dealkylation sites (tertiary alicyclic amines) is 2. The normalized spacial score (nSPS) is 17.8. The molecule has 0 spiro atoms. The van der Waals surface area contributed by atoms with Gasteiger partial charge in [-0.1, -0.05) is 84.9 Å². The fourth-order valence-corrected chi connectivity index (χ4v) is 9.26. The molecule has 4 atom stereocenters. The van der Waals surface area contributed by atoms with Gasteiger partial charge in [0, 0.05) is 42.1 Å². The summed E-state index contributed by atoms with van der Waals surface area (Å²) in [6.45, 7) is 11.1. The molecule has 3 fully saturated rings. The number of fused-ring (bicyclic) bond motifs is 1. The number of aromatic nitrogens is 1. The summed E-state index contributed by atoms with van der Waals surface area (Å²) in [5.41, 5.74) is 3.05. The first kappa shape index (κ1) is 49.9. The lowest BCUT2D eigenvalue weighted by Gasteiger charge is -2.29. The van der Waals surface area contributed by atoms with Crippen molar-refractivity contribution in [1.82, 2.24) is 30.7 Å². The molecular formula is C55H63N7O9. The third-order valence-electron chi connectivity index (χ3n) is 12.7. The first-order valence-electron chi connectivity index (χ1n) is 24.4. The van der Waals surface area contributed by atoms with Crippen molar-refractivity contribution >= 4 is 58.2 Å². The zero-order valence-electron chi connectivity index (χ0n) is 41.1. The van der Waals surface area contributed by atoms with Gasteiger partial charge >= 0.3 is 12.2 Å². The Morgan fingerprint density at radius 1 is 0.648 bits per heavy atom. The molecule has 3 aliphatic rings. The minimum atomic E-state index is -1.08. The molecule has 1 saturated carbocycles. The molecule has 0 radical (unpaired) electrons. The minimum Gasteiger partial charge on any atom is -0.444 e. The van der Waals surface area contributed by atoms with Crippen LogP contribution in [0.15, 0.2) is 103 Å². The molecule has 6 amide bonds. The Kier molecular flexibility index (Phi) is 14.7. The van der Waals surface area contributed by atoms with E-state index >= 15 is 0 Å². The monoisotopic (exact) mass is 965 g/mol. The van der Waals surface area contributed by atoms with E-state index < -0.39 is 59.4 Å². The number of alkyl carbamates (subject to hydrolysis) is 2. The largest absolute Gasteiger partial charge is 0.444 e. The van der Waals surface area contributed by atoms with Gasteiger partial charge in [-0.2, -0.15) is 0 Å². The third kappa shape index (κ3) is 12.3. The van der Waals surface area contributed by atoms with Gasteiger partial charge in [-0.15, -0.1) is 0 Å². The van der Waals surface area contributed by atoms with Crippen molar-refractivity contribution in [3.63, 3.8) is 0 Å². The molecular weight excluding hydrogens is 903 g/mol. The summed E-state index contributed by atoms with van der Waals surface area (Å²) < 4.78 is 11.0. The van der Waals surface area contributed by atoms with Crippen molar-refractivity contribution in [3.8, 4) is 11.3 Å². The number of ether oxygens (including phenoxy) is 2. The number of carbonyl (C=O) groups excluding carboxylic acids is 7. The Balaban J connectivity index is 0.984. The summed E-state index contributed by atoms with van der Waals surface area (Å²) >= 11 is 0. The summed E-state index contributed by atoms with van der Waals surface area (Å²) in [5, 5.41) is 12.2. The zero-order valence-corrected chi connectivity index (χ0v) is 41.1. The highest BCUT2D eigenvalue weighted by atomic mass is 16.6. The SMILES string of the molecule is CC(C)(C)OC(=O)N[C@@H](C(=O)N1CCCC1C(=O)Cc1ccc(-c2[nH]c3ccc(NC(=O)[C@@H]4CCCN4C(=O)[C@H](NC(=O)OC(C)(C)C)c4ccccc4)cc3c2C(=O)NC2CC2)cc1)c1ccccc1. The van der Waals surface area contributed by atoms with Gasteiger partial charge in [-0.05, 0) is 121 Å². The number of anilines is 1. The lowest BCUT2D eigenvalue weighted by Crippen LogP contribution is -2.49. The van der Waals surface area contributed by atoms with Crippen molar-refractivity contribution in [2.24, 2.45) is 0 Å². The number of Topliss-reactive ketones (excluding diaryl/α,β-unsaturated/α-hetero) is 1. The minimum absolute atomic E-state index is 0.0603. The quantitative estimate of drug-likeness (QED) is 0.0724. The maximum Gasteiger partial charge on any atom is 0.408 e. The van der Waals surface area contributed by atoms with Gasteiger partial charge in [0.15, 0.2) is 5.78 Å². The summed E-state index contributed by atoms with van der Waals surface area (Å²) in [5.74, 6) is -1.62. The van der Waals surface area contributed by atoms with Crippen molar-refractivity contribution in [2.75, 3.05) is 18.4 Å². The van der Waals surface area contributed by atoms with Crippen LogP contribution in [0, 0.1) is 0 Å². The van der Waals surface area contributed by atoms with Crippen molar-refractivity contribution in [2.45, 2.75) is 128 Å². The number of nitrogens with one attached hydrogen (secondary N) is 5. The van der Waals surface area contributed by atoms with E-state index in [0.29, 0.717) is 83.3 Å². The Morgan fingerprint density at radius 2 is 1.17 bits per heavy atom. The van der Waals surface area contributed by atoms with Crippen LogP contribution in [0.5, 0.6) is 0 Å². The van der Waals surface area contributed by atoms with Crippen LogP contribution in [0.1, 0.15) is 119 Å². The van der Waals surface area contributed by atoms with Gasteiger partial charge in [-0.3, -0.25) is 24.0 Å². The van der Waals surface area contributed by atoms with Gasteiger partial charge in [-0.25, -0.2) is 9.59 Å². The number of nitrogens with zero attached hydrogens (tertiary/aromatic N) is 2. The zero-order chi connectivity index (χ0) is 50.6. The predicted molar refractivity (Wildman–Crippen MR) is 268 cm³/mol. The number of aromatic amines is 1. The molecule has 71 heavy (non-hydrogen) atoms. The molecule has 1 aliphatic carbocycles. The molecule has 0 bridgehead atoms. The maximum absolute atomic E-state index is 14.2. The Labute approximate surface area is 413 Å². The molecule has 2 saturated heterocycles. The molecule has 2 aliphatic heterocycles. The van der Waals surface area contributed by atoms with Gasteiger partial charge in [0.25, 0.3) is 17.7 Å². The maximum atomic E-state index is 14.2. The molecule has 3 heterocycles. The molecule has 1 unspecified atom stereocenters. The van der Waals surface area contributed by atoms with E-state index in [1.807, 2.05) is 36.4 Å². The summed E-state index contributed by atoms with van der Waals surface area (Å²) in [4.78, 5) is 103. The van der Waals surface area contributed by atoms with Crippen LogP contribution in [0.4, 0.5) is 15.3 Å². The number of ketones is 1. The third-order valence-corrected chi connectivity index (χ3v) is 12.7. The van der Waals surface area contributed by atoms with E-state index in [1.54, 1.807) is 113 Å². The van der Waals surface area contributed by atoms with E-state index in [2.05, 4.69) is 26.3 Å². The molecule has 372 valence electrons. The van der Waals surface area contributed by atoms with E-state index in [9.17, 15) is 33.6 Å². The lowest BCUT2D eigenvalue weighted by molar-refractivity contribution is -0.139. The predicted octanol–water partition coefficient (Wildman–Crippen LogP) is 8.29. The number of hydrogen-bond acceptors (Lipinski definition) is 9. The highest BCUT2D eigenvalue weighted by Crippen LogP contribution is 2.35. The summed E-state index contributed by atoms with van der Waals surface area (Å²) in [7, 11) is 0. The summed E-state index contributed by atoms with van der Waals surface area (Å²) in [6.07, 6.45) is 2.45. The second kappa shape index (κ2) is 20.8.